The van der Waals surface area contributed by atoms with E-state index in [1.54, 1.807) is 0 Å². The minimum absolute atomic E-state index is 0.193. The summed E-state index contributed by atoms with van der Waals surface area (Å²) in [5.74, 6) is -1.39. The van der Waals surface area contributed by atoms with Gasteiger partial charge in [-0.3, -0.25) is 4.79 Å². The van der Waals surface area contributed by atoms with E-state index in [1.807, 2.05) is 0 Å². The highest BCUT2D eigenvalue weighted by molar-refractivity contribution is 7.89. The average Bonchev–Trinajstić information content (AvgIpc) is 2.81. The van der Waals surface area contributed by atoms with Crippen molar-refractivity contribution in [2.75, 3.05) is 13.7 Å². The van der Waals surface area contributed by atoms with Gasteiger partial charge in [-0.05, 0) is 24.3 Å². The van der Waals surface area contributed by atoms with Crippen LogP contribution in [-0.4, -0.2) is 44.6 Å². The number of methoxy groups -OCH3 is 1. The highest BCUT2D eigenvalue weighted by Gasteiger charge is 2.44. The Morgan fingerprint density at radius 3 is 2.50 bits per heavy atom. The van der Waals surface area contributed by atoms with Gasteiger partial charge in [0, 0.05) is 13.0 Å². The fourth-order valence-corrected chi connectivity index (χ4v) is 3.73. The molecule has 0 bridgehead atoms. The van der Waals surface area contributed by atoms with Crippen LogP contribution in [0.25, 0.3) is 0 Å². The van der Waals surface area contributed by atoms with Crippen LogP contribution in [0.4, 0.5) is 8.78 Å². The van der Waals surface area contributed by atoms with Crippen LogP contribution < -0.4 is 0 Å². The summed E-state index contributed by atoms with van der Waals surface area (Å²) in [5.41, 5.74) is 0. The number of nitrogens with zero attached hydrogens (tertiary/aromatic N) is 1. The molecule has 1 fully saturated rings. The molecule has 0 amide bonds. The van der Waals surface area contributed by atoms with Crippen LogP contribution in [0.15, 0.2) is 29.2 Å². The highest BCUT2D eigenvalue weighted by Crippen LogP contribution is 2.28. The second-order valence-corrected chi connectivity index (χ2v) is 6.29. The smallest absolute Gasteiger partial charge is 0.324 e. The van der Waals surface area contributed by atoms with Gasteiger partial charge in [-0.2, -0.15) is 4.31 Å². The Morgan fingerprint density at radius 2 is 1.95 bits per heavy atom. The van der Waals surface area contributed by atoms with Crippen molar-refractivity contribution in [1.82, 2.24) is 4.31 Å². The summed E-state index contributed by atoms with van der Waals surface area (Å²) in [4.78, 5) is 11.4. The number of benzene rings is 1. The van der Waals surface area contributed by atoms with Crippen molar-refractivity contribution in [2.24, 2.45) is 0 Å². The highest BCUT2D eigenvalue weighted by atomic mass is 32.2. The Bertz CT molecular complexity index is 602. The minimum Gasteiger partial charge on any atom is -0.468 e. The molecule has 1 heterocycles. The molecule has 0 aromatic heterocycles. The fraction of sp³-hybridized carbons (Fsp3) is 0.417. The molecule has 1 aliphatic rings. The minimum atomic E-state index is -4.07. The first-order valence-electron chi connectivity index (χ1n) is 5.85. The van der Waals surface area contributed by atoms with Crippen LogP contribution in [0.5, 0.6) is 0 Å². The third kappa shape index (κ3) is 2.66. The Morgan fingerprint density at radius 1 is 1.35 bits per heavy atom. The molecule has 110 valence electrons. The van der Waals surface area contributed by atoms with Crippen molar-refractivity contribution in [2.45, 2.75) is 23.5 Å². The third-order valence-electron chi connectivity index (χ3n) is 3.10. The van der Waals surface area contributed by atoms with Gasteiger partial charge in [0.15, 0.2) is 0 Å². The van der Waals surface area contributed by atoms with Crippen molar-refractivity contribution in [3.05, 3.63) is 30.1 Å². The summed E-state index contributed by atoms with van der Waals surface area (Å²) in [5, 5.41) is 0. The van der Waals surface area contributed by atoms with Crippen LogP contribution >= 0.6 is 0 Å². The van der Waals surface area contributed by atoms with E-state index in [0.29, 0.717) is 0 Å². The summed E-state index contributed by atoms with van der Waals surface area (Å²) in [6.45, 7) is -0.417. The first-order valence-corrected chi connectivity index (χ1v) is 7.29. The molecule has 1 aromatic rings. The van der Waals surface area contributed by atoms with E-state index in [0.717, 1.165) is 35.7 Å². The van der Waals surface area contributed by atoms with Gasteiger partial charge in [0.25, 0.3) is 0 Å². The lowest BCUT2D eigenvalue weighted by atomic mass is 10.2. The lowest BCUT2D eigenvalue weighted by Gasteiger charge is -2.21. The van der Waals surface area contributed by atoms with E-state index >= 15 is 0 Å². The number of esters is 1. The molecule has 2 unspecified atom stereocenters. The van der Waals surface area contributed by atoms with Crippen molar-refractivity contribution < 1.29 is 26.7 Å². The number of carbonyl (C=O) groups excluding carboxylic acids is 1. The molecule has 0 aliphatic carbocycles. The largest absolute Gasteiger partial charge is 0.468 e. The van der Waals surface area contributed by atoms with Crippen molar-refractivity contribution in [1.29, 1.82) is 0 Å². The molecule has 0 saturated carbocycles. The maximum Gasteiger partial charge on any atom is 0.324 e. The molecular formula is C12H13F2NO4S. The lowest BCUT2D eigenvalue weighted by molar-refractivity contribution is -0.144. The van der Waals surface area contributed by atoms with E-state index in [-0.39, 0.29) is 11.3 Å². The zero-order valence-electron chi connectivity index (χ0n) is 10.6. The predicted molar refractivity (Wildman–Crippen MR) is 65.6 cm³/mol. The van der Waals surface area contributed by atoms with Crippen LogP contribution in [0, 0.1) is 5.82 Å². The molecular weight excluding hydrogens is 292 g/mol. The van der Waals surface area contributed by atoms with Crippen LogP contribution in [0.1, 0.15) is 6.42 Å². The van der Waals surface area contributed by atoms with E-state index in [2.05, 4.69) is 4.74 Å². The Hall–Kier alpha value is -1.54. The van der Waals surface area contributed by atoms with Gasteiger partial charge in [-0.1, -0.05) is 0 Å². The molecule has 2 rings (SSSR count). The molecule has 5 nitrogen and oxygen atoms in total. The number of ether oxygens (including phenoxy) is 1. The molecule has 8 heteroatoms. The average molecular weight is 305 g/mol. The first-order chi connectivity index (χ1) is 9.36. The van der Waals surface area contributed by atoms with Crippen molar-refractivity contribution >= 4 is 16.0 Å². The summed E-state index contributed by atoms with van der Waals surface area (Å²) in [7, 11) is -2.96. The quantitative estimate of drug-likeness (QED) is 0.785. The molecule has 0 radical (unpaired) electrons. The van der Waals surface area contributed by atoms with Crippen LogP contribution in [0.2, 0.25) is 0 Å². The molecule has 1 aromatic carbocycles. The first kappa shape index (κ1) is 14.9. The molecule has 0 spiro atoms. The van der Waals surface area contributed by atoms with Gasteiger partial charge in [0.1, 0.15) is 18.0 Å². The Kier molecular flexibility index (Phi) is 4.05. The van der Waals surface area contributed by atoms with Gasteiger partial charge in [-0.25, -0.2) is 17.2 Å². The number of hydrogen-bond acceptors (Lipinski definition) is 4. The molecule has 0 N–H and O–H groups in total. The molecule has 1 saturated heterocycles. The number of halogens is 2. The Balaban J connectivity index is 2.37. The molecule has 20 heavy (non-hydrogen) atoms. The molecule has 1 aliphatic heterocycles. The molecule has 2 atom stereocenters. The number of alkyl halides is 1. The summed E-state index contributed by atoms with van der Waals surface area (Å²) < 4.78 is 56.2. The van der Waals surface area contributed by atoms with Crippen molar-refractivity contribution in [3.63, 3.8) is 0 Å². The summed E-state index contributed by atoms with van der Waals surface area (Å²) in [6, 6.07) is 2.94. The maximum atomic E-state index is 13.5. The number of sulfonamides is 1. The number of rotatable bonds is 3. The standard InChI is InChI=1S/C12H13F2NO4S/c1-19-12(16)11-6-9(14)7-15(11)20(17,18)10-4-2-8(13)3-5-10/h2-5,9,11H,6-7H2,1H3. The Labute approximate surface area is 115 Å². The van der Waals surface area contributed by atoms with Gasteiger partial charge in [-0.15, -0.1) is 0 Å². The van der Waals surface area contributed by atoms with E-state index in [9.17, 15) is 22.0 Å². The summed E-state index contributed by atoms with van der Waals surface area (Å²) >= 11 is 0. The van der Waals surface area contributed by atoms with Crippen LogP contribution in [-0.2, 0) is 19.6 Å². The fourth-order valence-electron chi connectivity index (χ4n) is 2.11. The second kappa shape index (κ2) is 5.45. The van der Waals surface area contributed by atoms with Crippen molar-refractivity contribution in [3.8, 4) is 0 Å². The van der Waals surface area contributed by atoms with Gasteiger partial charge in [0.2, 0.25) is 10.0 Å². The third-order valence-corrected chi connectivity index (χ3v) is 4.99. The lowest BCUT2D eigenvalue weighted by Crippen LogP contribution is -2.41. The predicted octanol–water partition coefficient (Wildman–Crippen LogP) is 1.10. The number of carbonyl (C=O) groups is 1. The normalized spacial score (nSPS) is 23.8. The van der Waals surface area contributed by atoms with E-state index in [4.69, 9.17) is 0 Å². The zero-order valence-corrected chi connectivity index (χ0v) is 11.4. The SMILES string of the molecule is COC(=O)C1CC(F)CN1S(=O)(=O)c1ccc(F)cc1. The summed E-state index contributed by atoms with van der Waals surface area (Å²) in [6.07, 6.45) is -1.68. The number of hydrogen-bond donors (Lipinski definition) is 0. The zero-order chi connectivity index (χ0) is 14.9. The van der Waals surface area contributed by atoms with Gasteiger partial charge in [0.05, 0.1) is 12.0 Å². The second-order valence-electron chi connectivity index (χ2n) is 4.40. The topological polar surface area (TPSA) is 63.7 Å². The maximum absolute atomic E-state index is 13.5. The monoisotopic (exact) mass is 305 g/mol. The van der Waals surface area contributed by atoms with E-state index in [1.165, 1.54) is 0 Å². The van der Waals surface area contributed by atoms with Gasteiger partial charge < -0.3 is 4.74 Å². The van der Waals surface area contributed by atoms with Gasteiger partial charge >= 0.3 is 5.97 Å². The van der Waals surface area contributed by atoms with E-state index < -0.39 is 40.6 Å². The van der Waals surface area contributed by atoms with Crippen LogP contribution in [0.3, 0.4) is 0 Å².